The zero-order chi connectivity index (χ0) is 13.2. The molecule has 0 aromatic rings. The number of likely N-dealkylation sites (tertiary alicyclic amines) is 1. The zero-order valence-electron chi connectivity index (χ0n) is 10.6. The summed E-state index contributed by atoms with van der Waals surface area (Å²) >= 11 is 0. The van der Waals surface area contributed by atoms with Gasteiger partial charge in [0.15, 0.2) is 0 Å². The number of hydrogen-bond acceptors (Lipinski definition) is 4. The standard InChI is InChI=1S/C11H19NO5/c1-11(2,3)17-10(15)12-7(9(13)14)5-6-8(12)16-4/h7-8H,5-6H2,1-4H3,(H,13,14)/t7-,8-/m0/s1. The van der Waals surface area contributed by atoms with Crippen LogP contribution in [0.5, 0.6) is 0 Å². The van der Waals surface area contributed by atoms with E-state index in [1.54, 1.807) is 20.8 Å². The van der Waals surface area contributed by atoms with Crippen LogP contribution in [0.3, 0.4) is 0 Å². The molecule has 0 aromatic carbocycles. The lowest BCUT2D eigenvalue weighted by atomic mass is 10.2. The number of methoxy groups -OCH3 is 1. The fraction of sp³-hybridized carbons (Fsp3) is 0.818. The highest BCUT2D eigenvalue weighted by Gasteiger charge is 2.43. The Morgan fingerprint density at radius 1 is 1.29 bits per heavy atom. The van der Waals surface area contributed by atoms with Crippen LogP contribution >= 0.6 is 0 Å². The molecule has 1 rings (SSSR count). The van der Waals surface area contributed by atoms with Gasteiger partial charge < -0.3 is 14.6 Å². The molecule has 1 heterocycles. The van der Waals surface area contributed by atoms with Crippen LogP contribution < -0.4 is 0 Å². The van der Waals surface area contributed by atoms with E-state index < -0.39 is 29.9 Å². The number of rotatable bonds is 2. The third kappa shape index (κ3) is 3.33. The van der Waals surface area contributed by atoms with Gasteiger partial charge in [-0.05, 0) is 33.6 Å². The molecule has 1 aliphatic rings. The van der Waals surface area contributed by atoms with Crippen LogP contribution in [0.25, 0.3) is 0 Å². The Kier molecular flexibility index (Phi) is 3.98. The van der Waals surface area contributed by atoms with E-state index in [0.717, 1.165) is 4.90 Å². The van der Waals surface area contributed by atoms with Crippen LogP contribution in [0.15, 0.2) is 0 Å². The summed E-state index contributed by atoms with van der Waals surface area (Å²) in [7, 11) is 1.45. The maximum Gasteiger partial charge on any atom is 0.413 e. The lowest BCUT2D eigenvalue weighted by Crippen LogP contribution is -2.47. The SMILES string of the molecule is CO[C@H]1CC[C@@H](C(=O)O)N1C(=O)OC(C)(C)C. The van der Waals surface area contributed by atoms with Gasteiger partial charge in [0.05, 0.1) is 0 Å². The van der Waals surface area contributed by atoms with Gasteiger partial charge in [0, 0.05) is 7.11 Å². The van der Waals surface area contributed by atoms with Crippen molar-refractivity contribution in [1.82, 2.24) is 4.90 Å². The van der Waals surface area contributed by atoms with Crippen molar-refractivity contribution in [2.24, 2.45) is 0 Å². The van der Waals surface area contributed by atoms with Gasteiger partial charge in [0.2, 0.25) is 0 Å². The van der Waals surface area contributed by atoms with Crippen molar-refractivity contribution in [3.63, 3.8) is 0 Å². The highest BCUT2D eigenvalue weighted by molar-refractivity contribution is 5.81. The minimum Gasteiger partial charge on any atom is -0.480 e. The molecular formula is C11H19NO5. The molecule has 1 saturated heterocycles. The van der Waals surface area contributed by atoms with Gasteiger partial charge >= 0.3 is 12.1 Å². The molecule has 0 radical (unpaired) electrons. The summed E-state index contributed by atoms with van der Waals surface area (Å²) in [6.45, 7) is 5.20. The van der Waals surface area contributed by atoms with E-state index in [-0.39, 0.29) is 0 Å². The Bertz CT molecular complexity index is 309. The molecule has 6 nitrogen and oxygen atoms in total. The van der Waals surface area contributed by atoms with Crippen molar-refractivity contribution in [3.05, 3.63) is 0 Å². The minimum atomic E-state index is -1.03. The van der Waals surface area contributed by atoms with Crippen molar-refractivity contribution in [3.8, 4) is 0 Å². The van der Waals surface area contributed by atoms with E-state index in [4.69, 9.17) is 14.6 Å². The van der Waals surface area contributed by atoms with E-state index in [0.29, 0.717) is 12.8 Å². The molecule has 0 unspecified atom stereocenters. The van der Waals surface area contributed by atoms with Crippen molar-refractivity contribution in [2.75, 3.05) is 7.11 Å². The van der Waals surface area contributed by atoms with Gasteiger partial charge in [-0.1, -0.05) is 0 Å². The van der Waals surface area contributed by atoms with Gasteiger partial charge in [-0.2, -0.15) is 0 Å². The number of aliphatic carboxylic acids is 1. The fourth-order valence-electron chi connectivity index (χ4n) is 1.81. The predicted octanol–water partition coefficient (Wildman–Crippen LogP) is 1.44. The smallest absolute Gasteiger partial charge is 0.413 e. The first-order valence-electron chi connectivity index (χ1n) is 5.53. The van der Waals surface area contributed by atoms with Gasteiger partial charge in [-0.3, -0.25) is 4.90 Å². The average molecular weight is 245 g/mol. The Morgan fingerprint density at radius 3 is 2.29 bits per heavy atom. The molecule has 1 fully saturated rings. The molecule has 17 heavy (non-hydrogen) atoms. The summed E-state index contributed by atoms with van der Waals surface area (Å²) in [6.07, 6.45) is -0.278. The third-order valence-electron chi connectivity index (χ3n) is 2.49. The van der Waals surface area contributed by atoms with E-state index in [1.807, 2.05) is 0 Å². The number of carbonyl (C=O) groups is 2. The van der Waals surface area contributed by atoms with Crippen molar-refractivity contribution < 1.29 is 24.2 Å². The Balaban J connectivity index is 2.82. The van der Waals surface area contributed by atoms with Gasteiger partial charge in [-0.25, -0.2) is 9.59 Å². The molecule has 1 amide bonds. The number of amides is 1. The number of carboxylic acid groups (broad SMARTS) is 1. The van der Waals surface area contributed by atoms with Gasteiger partial charge in [0.1, 0.15) is 17.9 Å². The first-order chi connectivity index (χ1) is 7.76. The second-order valence-electron chi connectivity index (χ2n) is 5.01. The number of nitrogens with zero attached hydrogens (tertiary/aromatic N) is 1. The molecule has 0 saturated carbocycles. The molecular weight excluding hydrogens is 226 g/mol. The molecule has 98 valence electrons. The lowest BCUT2D eigenvalue weighted by molar-refractivity contribution is -0.144. The van der Waals surface area contributed by atoms with Crippen LogP contribution in [0.2, 0.25) is 0 Å². The van der Waals surface area contributed by atoms with E-state index in [2.05, 4.69) is 0 Å². The zero-order valence-corrected chi connectivity index (χ0v) is 10.6. The maximum absolute atomic E-state index is 11.9. The minimum absolute atomic E-state index is 0.382. The van der Waals surface area contributed by atoms with E-state index in [1.165, 1.54) is 7.11 Å². The third-order valence-corrected chi connectivity index (χ3v) is 2.49. The van der Waals surface area contributed by atoms with Crippen LogP contribution in [0, 0.1) is 0 Å². The Hall–Kier alpha value is -1.30. The quantitative estimate of drug-likeness (QED) is 0.796. The topological polar surface area (TPSA) is 76.1 Å². The normalized spacial score (nSPS) is 24.8. The highest BCUT2D eigenvalue weighted by atomic mass is 16.6. The summed E-state index contributed by atoms with van der Waals surface area (Å²) in [5, 5.41) is 9.04. The molecule has 2 atom stereocenters. The molecule has 6 heteroatoms. The summed E-state index contributed by atoms with van der Waals surface area (Å²) < 4.78 is 10.3. The summed E-state index contributed by atoms with van der Waals surface area (Å²) in [6, 6.07) is -0.866. The van der Waals surface area contributed by atoms with Crippen LogP contribution in [0.4, 0.5) is 4.79 Å². The predicted molar refractivity (Wildman–Crippen MR) is 59.5 cm³/mol. The van der Waals surface area contributed by atoms with Crippen molar-refractivity contribution >= 4 is 12.1 Å². The van der Waals surface area contributed by atoms with Crippen LogP contribution in [-0.4, -0.2) is 47.0 Å². The summed E-state index contributed by atoms with van der Waals surface area (Å²) in [5.74, 6) is -1.03. The van der Waals surface area contributed by atoms with E-state index >= 15 is 0 Å². The molecule has 1 N–H and O–H groups in total. The number of carbonyl (C=O) groups excluding carboxylic acids is 1. The largest absolute Gasteiger partial charge is 0.480 e. The van der Waals surface area contributed by atoms with Crippen LogP contribution in [0.1, 0.15) is 33.6 Å². The highest BCUT2D eigenvalue weighted by Crippen LogP contribution is 2.27. The van der Waals surface area contributed by atoms with Crippen LogP contribution in [-0.2, 0) is 14.3 Å². The number of ether oxygens (including phenoxy) is 2. The van der Waals surface area contributed by atoms with E-state index in [9.17, 15) is 9.59 Å². The monoisotopic (exact) mass is 245 g/mol. The first kappa shape index (κ1) is 13.8. The Morgan fingerprint density at radius 2 is 1.88 bits per heavy atom. The Labute approximate surface area is 100 Å². The average Bonchev–Trinajstić information content (AvgIpc) is 2.57. The second kappa shape index (κ2) is 4.91. The summed E-state index contributed by atoms with van der Waals surface area (Å²) in [4.78, 5) is 24.1. The summed E-state index contributed by atoms with van der Waals surface area (Å²) in [5.41, 5.74) is -0.652. The van der Waals surface area contributed by atoms with Gasteiger partial charge in [-0.15, -0.1) is 0 Å². The molecule has 0 bridgehead atoms. The number of hydrogen-bond donors (Lipinski definition) is 1. The molecule has 0 spiro atoms. The molecule has 0 aliphatic carbocycles. The van der Waals surface area contributed by atoms with Gasteiger partial charge in [0.25, 0.3) is 0 Å². The second-order valence-corrected chi connectivity index (χ2v) is 5.01. The lowest BCUT2D eigenvalue weighted by Gasteiger charge is -2.30. The number of carboxylic acids is 1. The van der Waals surface area contributed by atoms with Crippen molar-refractivity contribution in [1.29, 1.82) is 0 Å². The maximum atomic E-state index is 11.9. The molecule has 0 aromatic heterocycles. The fourth-order valence-corrected chi connectivity index (χ4v) is 1.81. The first-order valence-corrected chi connectivity index (χ1v) is 5.53. The van der Waals surface area contributed by atoms with Crippen molar-refractivity contribution in [2.45, 2.75) is 51.5 Å². The molecule has 1 aliphatic heterocycles.